The van der Waals surface area contributed by atoms with Crippen molar-refractivity contribution in [3.8, 4) is 11.5 Å². The van der Waals surface area contributed by atoms with Crippen molar-refractivity contribution >= 4 is 33.2 Å². The molecule has 2 aromatic carbocycles. The lowest BCUT2D eigenvalue weighted by molar-refractivity contribution is -0.119. The molecular weight excluding hydrogens is 473 g/mol. The molecule has 174 valence electrons. The van der Waals surface area contributed by atoms with E-state index in [1.165, 1.54) is 38.5 Å². The highest BCUT2D eigenvalue weighted by molar-refractivity contribution is 7.92. The number of hydrogen-bond donors (Lipinski definition) is 1. The third kappa shape index (κ3) is 5.71. The second-order valence-corrected chi connectivity index (χ2v) is 8.99. The fourth-order valence-corrected chi connectivity index (χ4v) is 4.54. The Morgan fingerprint density at radius 3 is 2.48 bits per heavy atom. The first-order chi connectivity index (χ1) is 15.8. The molecule has 3 aromatic rings. The fourth-order valence-electron chi connectivity index (χ4n) is 2.94. The second-order valence-electron chi connectivity index (χ2n) is 6.72. The van der Waals surface area contributed by atoms with Gasteiger partial charge in [-0.2, -0.15) is 0 Å². The summed E-state index contributed by atoms with van der Waals surface area (Å²) in [7, 11) is -1.49. The minimum atomic E-state index is -4.28. The van der Waals surface area contributed by atoms with Gasteiger partial charge in [0.1, 0.15) is 12.4 Å². The summed E-state index contributed by atoms with van der Waals surface area (Å²) in [5.41, 5.74) is 0.620. The normalized spacial score (nSPS) is 11.0. The number of hydrogen-bond acceptors (Lipinski definition) is 6. The van der Waals surface area contributed by atoms with Crippen molar-refractivity contribution in [1.29, 1.82) is 0 Å². The number of halogens is 2. The Morgan fingerprint density at radius 1 is 1.09 bits per heavy atom. The molecule has 0 bridgehead atoms. The van der Waals surface area contributed by atoms with Crippen LogP contribution in [0.25, 0.3) is 0 Å². The van der Waals surface area contributed by atoms with E-state index in [0.29, 0.717) is 11.4 Å². The van der Waals surface area contributed by atoms with Gasteiger partial charge in [-0.3, -0.25) is 14.1 Å². The number of methoxy groups -OCH3 is 2. The monoisotopic (exact) mass is 493 g/mol. The molecule has 0 spiro atoms. The first-order valence-corrected chi connectivity index (χ1v) is 11.4. The van der Waals surface area contributed by atoms with E-state index in [0.717, 1.165) is 16.4 Å². The Labute approximate surface area is 196 Å². The van der Waals surface area contributed by atoms with Crippen LogP contribution in [0.1, 0.15) is 5.69 Å². The van der Waals surface area contributed by atoms with Crippen LogP contribution in [0.4, 0.5) is 10.1 Å². The van der Waals surface area contributed by atoms with E-state index < -0.39 is 28.3 Å². The van der Waals surface area contributed by atoms with Crippen molar-refractivity contribution in [3.63, 3.8) is 0 Å². The molecule has 0 unspecified atom stereocenters. The standard InChI is InChI=1S/C22H21ClFN3O5S/c1-31-20-9-7-17(12-21(20)32-2)33(29,30)27(16-6-8-19(24)18(23)11-16)14-22(28)26-13-15-5-3-4-10-25-15/h3-12H,13-14H2,1-2H3,(H,26,28). The smallest absolute Gasteiger partial charge is 0.264 e. The Balaban J connectivity index is 1.95. The molecule has 1 aromatic heterocycles. The summed E-state index contributed by atoms with van der Waals surface area (Å²) in [6, 6.07) is 12.6. The topological polar surface area (TPSA) is 97.8 Å². The van der Waals surface area contributed by atoms with Crippen LogP contribution in [-0.4, -0.2) is 40.1 Å². The summed E-state index contributed by atoms with van der Waals surface area (Å²) in [6.07, 6.45) is 1.58. The van der Waals surface area contributed by atoms with Crippen molar-refractivity contribution < 1.29 is 27.1 Å². The van der Waals surface area contributed by atoms with Crippen LogP contribution in [0.5, 0.6) is 11.5 Å². The van der Waals surface area contributed by atoms with Crippen LogP contribution >= 0.6 is 11.6 Å². The Bertz CT molecular complexity index is 1240. The summed E-state index contributed by atoms with van der Waals surface area (Å²) in [6.45, 7) is -0.473. The van der Waals surface area contributed by atoms with Crippen LogP contribution in [0.3, 0.4) is 0 Å². The van der Waals surface area contributed by atoms with E-state index in [2.05, 4.69) is 10.3 Å². The van der Waals surface area contributed by atoms with Gasteiger partial charge < -0.3 is 14.8 Å². The molecule has 0 atom stereocenters. The van der Waals surface area contributed by atoms with Gasteiger partial charge in [0.15, 0.2) is 11.5 Å². The number of carbonyl (C=O) groups is 1. The average molecular weight is 494 g/mol. The fraction of sp³-hybridized carbons (Fsp3) is 0.182. The molecule has 8 nitrogen and oxygen atoms in total. The van der Waals surface area contributed by atoms with Gasteiger partial charge in [0, 0.05) is 12.3 Å². The first kappa shape index (κ1) is 24.3. The molecule has 11 heteroatoms. The molecule has 0 aliphatic rings. The van der Waals surface area contributed by atoms with Gasteiger partial charge in [0.25, 0.3) is 10.0 Å². The Hall–Kier alpha value is -3.37. The third-order valence-corrected chi connectivity index (χ3v) is 6.67. The van der Waals surface area contributed by atoms with Crippen molar-refractivity contribution in [3.05, 3.63) is 77.3 Å². The minimum Gasteiger partial charge on any atom is -0.493 e. The molecule has 0 fully saturated rings. The van der Waals surface area contributed by atoms with Crippen molar-refractivity contribution in [2.45, 2.75) is 11.4 Å². The van der Waals surface area contributed by atoms with Gasteiger partial charge in [0.05, 0.1) is 42.1 Å². The van der Waals surface area contributed by atoms with Gasteiger partial charge in [-0.25, -0.2) is 12.8 Å². The maximum absolute atomic E-state index is 13.7. The highest BCUT2D eigenvalue weighted by atomic mass is 35.5. The number of nitrogens with one attached hydrogen (secondary N) is 1. The number of sulfonamides is 1. The van der Waals surface area contributed by atoms with Gasteiger partial charge >= 0.3 is 0 Å². The third-order valence-electron chi connectivity index (χ3n) is 4.61. The van der Waals surface area contributed by atoms with Gasteiger partial charge in [-0.05, 0) is 42.5 Å². The second kappa shape index (κ2) is 10.5. The number of pyridine rings is 1. The number of amides is 1. The van der Waals surface area contributed by atoms with Crippen LogP contribution in [0, 0.1) is 5.82 Å². The molecule has 3 rings (SSSR count). The number of nitrogens with zero attached hydrogens (tertiary/aromatic N) is 2. The summed E-state index contributed by atoms with van der Waals surface area (Å²) in [5, 5.41) is 2.35. The summed E-state index contributed by atoms with van der Waals surface area (Å²) in [4.78, 5) is 16.6. The minimum absolute atomic E-state index is 0.0178. The molecule has 1 heterocycles. The molecule has 0 saturated heterocycles. The van der Waals surface area contributed by atoms with Gasteiger partial charge in [-0.15, -0.1) is 0 Å². The van der Waals surface area contributed by atoms with E-state index in [9.17, 15) is 17.6 Å². The number of benzene rings is 2. The van der Waals surface area contributed by atoms with Crippen molar-refractivity contribution in [1.82, 2.24) is 10.3 Å². The quantitative estimate of drug-likeness (QED) is 0.490. The van der Waals surface area contributed by atoms with E-state index >= 15 is 0 Å². The number of anilines is 1. The maximum atomic E-state index is 13.7. The van der Waals surface area contributed by atoms with Crippen LogP contribution in [0.15, 0.2) is 65.7 Å². The number of ether oxygens (including phenoxy) is 2. The number of carbonyl (C=O) groups excluding carboxylic acids is 1. The largest absolute Gasteiger partial charge is 0.493 e. The zero-order valence-corrected chi connectivity index (χ0v) is 19.4. The summed E-state index contributed by atoms with van der Waals surface area (Å²) in [5.74, 6) is -0.787. The summed E-state index contributed by atoms with van der Waals surface area (Å²) < 4.78 is 51.9. The SMILES string of the molecule is COc1ccc(S(=O)(=O)N(CC(=O)NCc2ccccn2)c2ccc(F)c(Cl)c2)cc1OC. The first-order valence-electron chi connectivity index (χ1n) is 9.62. The van der Waals surface area contributed by atoms with Crippen LogP contribution in [-0.2, 0) is 21.4 Å². The zero-order valence-electron chi connectivity index (χ0n) is 17.8. The molecule has 0 aliphatic carbocycles. The van der Waals surface area contributed by atoms with E-state index in [1.807, 2.05) is 0 Å². The molecule has 0 saturated carbocycles. The average Bonchev–Trinajstić information content (AvgIpc) is 2.83. The highest BCUT2D eigenvalue weighted by Crippen LogP contribution is 2.33. The Kier molecular flexibility index (Phi) is 7.72. The lowest BCUT2D eigenvalue weighted by atomic mass is 10.3. The molecule has 1 N–H and O–H groups in total. The number of aromatic nitrogens is 1. The van der Waals surface area contributed by atoms with E-state index in [-0.39, 0.29) is 27.9 Å². The van der Waals surface area contributed by atoms with Gasteiger partial charge in [0.2, 0.25) is 5.91 Å². The predicted molar refractivity (Wildman–Crippen MR) is 122 cm³/mol. The van der Waals surface area contributed by atoms with Gasteiger partial charge in [-0.1, -0.05) is 17.7 Å². The molecule has 33 heavy (non-hydrogen) atoms. The maximum Gasteiger partial charge on any atom is 0.264 e. The predicted octanol–water partition coefficient (Wildman–Crippen LogP) is 3.40. The zero-order chi connectivity index (χ0) is 24.0. The highest BCUT2D eigenvalue weighted by Gasteiger charge is 2.29. The summed E-state index contributed by atoms with van der Waals surface area (Å²) >= 11 is 5.88. The number of rotatable bonds is 9. The van der Waals surface area contributed by atoms with Crippen molar-refractivity contribution in [2.75, 3.05) is 25.1 Å². The molecular formula is C22H21ClFN3O5S. The molecule has 1 amide bonds. The molecule has 0 radical (unpaired) electrons. The van der Waals surface area contributed by atoms with E-state index in [4.69, 9.17) is 21.1 Å². The molecule has 0 aliphatic heterocycles. The van der Waals surface area contributed by atoms with Crippen molar-refractivity contribution in [2.24, 2.45) is 0 Å². The Morgan fingerprint density at radius 2 is 1.85 bits per heavy atom. The van der Waals surface area contributed by atoms with Crippen LogP contribution in [0.2, 0.25) is 5.02 Å². The van der Waals surface area contributed by atoms with Crippen LogP contribution < -0.4 is 19.1 Å². The lowest BCUT2D eigenvalue weighted by Crippen LogP contribution is -2.40. The van der Waals surface area contributed by atoms with E-state index in [1.54, 1.807) is 24.4 Å². The lowest BCUT2D eigenvalue weighted by Gasteiger charge is -2.24.